The van der Waals surface area contributed by atoms with E-state index in [2.05, 4.69) is 15.5 Å². The first-order valence-corrected chi connectivity index (χ1v) is 12.7. The van der Waals surface area contributed by atoms with Gasteiger partial charge in [0.05, 0.1) is 11.8 Å². The van der Waals surface area contributed by atoms with Crippen LogP contribution < -0.4 is 5.32 Å². The van der Waals surface area contributed by atoms with Crippen molar-refractivity contribution < 1.29 is 9.59 Å². The number of aromatic nitrogens is 3. The Morgan fingerprint density at radius 2 is 1.91 bits per heavy atom. The molecule has 2 amide bonds. The van der Waals surface area contributed by atoms with Crippen LogP contribution in [-0.4, -0.2) is 43.8 Å². The molecule has 4 rings (SSSR count). The second kappa shape index (κ2) is 10.6. The second-order valence-electron chi connectivity index (χ2n) is 8.40. The molecule has 3 aromatic rings. The Morgan fingerprint density at radius 1 is 1.15 bits per heavy atom. The average molecular weight is 498 g/mol. The monoisotopic (exact) mass is 497 g/mol. The van der Waals surface area contributed by atoms with Crippen LogP contribution in [0, 0.1) is 13.8 Å². The minimum absolute atomic E-state index is 0.0353. The van der Waals surface area contributed by atoms with Crippen molar-refractivity contribution in [2.45, 2.75) is 51.4 Å². The maximum absolute atomic E-state index is 13.2. The van der Waals surface area contributed by atoms with E-state index in [0.717, 1.165) is 35.5 Å². The molecule has 1 aromatic heterocycles. The molecule has 34 heavy (non-hydrogen) atoms. The number of hydrogen-bond donors (Lipinski definition) is 1. The molecule has 1 atom stereocenters. The van der Waals surface area contributed by atoms with Gasteiger partial charge in [-0.1, -0.05) is 41.1 Å². The van der Waals surface area contributed by atoms with Crippen LogP contribution in [-0.2, 0) is 11.3 Å². The molecule has 1 aliphatic rings. The Hall–Kier alpha value is -2.84. The van der Waals surface area contributed by atoms with Crippen LogP contribution in [0.5, 0.6) is 0 Å². The molecule has 0 aliphatic carbocycles. The maximum atomic E-state index is 13.2. The van der Waals surface area contributed by atoms with E-state index in [4.69, 9.17) is 11.6 Å². The van der Waals surface area contributed by atoms with Gasteiger partial charge < -0.3 is 14.8 Å². The van der Waals surface area contributed by atoms with E-state index in [1.807, 2.05) is 48.4 Å². The number of rotatable bonds is 7. The number of thioether (sulfide) groups is 1. The van der Waals surface area contributed by atoms with Gasteiger partial charge in [-0.15, -0.1) is 10.2 Å². The number of carbonyl (C=O) groups is 2. The third-order valence-electron chi connectivity index (χ3n) is 5.95. The molecule has 9 heteroatoms. The smallest absolute Gasteiger partial charge is 0.254 e. The number of nitrogens with one attached hydrogen (secondary N) is 1. The summed E-state index contributed by atoms with van der Waals surface area (Å²) in [5, 5.41) is 13.1. The van der Waals surface area contributed by atoms with Gasteiger partial charge in [-0.05, 0) is 69.5 Å². The van der Waals surface area contributed by atoms with Gasteiger partial charge >= 0.3 is 0 Å². The zero-order valence-electron chi connectivity index (χ0n) is 19.5. The molecule has 0 saturated carbocycles. The lowest BCUT2D eigenvalue weighted by Crippen LogP contribution is -2.32. The van der Waals surface area contributed by atoms with E-state index in [0.29, 0.717) is 28.8 Å². The topological polar surface area (TPSA) is 80.1 Å². The van der Waals surface area contributed by atoms with Gasteiger partial charge in [-0.3, -0.25) is 9.59 Å². The molecular formula is C25H28ClN5O2S. The van der Waals surface area contributed by atoms with Gasteiger partial charge in [0.1, 0.15) is 0 Å². The summed E-state index contributed by atoms with van der Waals surface area (Å²) in [6.07, 6.45) is 1.73. The first kappa shape index (κ1) is 24.3. The highest BCUT2D eigenvalue weighted by molar-refractivity contribution is 7.99. The van der Waals surface area contributed by atoms with Crippen LogP contribution in [0.25, 0.3) is 0 Å². The number of amides is 2. The molecule has 178 valence electrons. The highest BCUT2D eigenvalue weighted by Gasteiger charge is 2.34. The van der Waals surface area contributed by atoms with Crippen LogP contribution in [0.15, 0.2) is 47.6 Å². The number of aryl methyl sites for hydroxylation is 2. The fraction of sp³-hybridized carbons (Fsp3) is 0.360. The predicted molar refractivity (Wildman–Crippen MR) is 135 cm³/mol. The van der Waals surface area contributed by atoms with Gasteiger partial charge in [0.25, 0.3) is 5.91 Å². The molecule has 2 heterocycles. The highest BCUT2D eigenvalue weighted by Crippen LogP contribution is 2.34. The Labute approximate surface area is 208 Å². The number of nitrogens with zero attached hydrogens (tertiary/aromatic N) is 4. The summed E-state index contributed by atoms with van der Waals surface area (Å²) in [6, 6.07) is 12.8. The summed E-state index contributed by atoms with van der Waals surface area (Å²) >= 11 is 7.33. The summed E-state index contributed by atoms with van der Waals surface area (Å²) in [5.74, 6) is 0.861. The molecule has 7 nitrogen and oxygen atoms in total. The van der Waals surface area contributed by atoms with Crippen LogP contribution in [0.4, 0.5) is 5.69 Å². The highest BCUT2D eigenvalue weighted by atomic mass is 35.5. The van der Waals surface area contributed by atoms with E-state index in [1.54, 1.807) is 24.3 Å². The van der Waals surface area contributed by atoms with Crippen molar-refractivity contribution in [2.75, 3.05) is 17.6 Å². The molecule has 0 radical (unpaired) electrons. The lowest BCUT2D eigenvalue weighted by molar-refractivity contribution is -0.113. The first-order valence-electron chi connectivity index (χ1n) is 11.4. The zero-order chi connectivity index (χ0) is 24.2. The van der Waals surface area contributed by atoms with Crippen molar-refractivity contribution in [1.82, 2.24) is 19.7 Å². The normalized spacial score (nSPS) is 15.5. The van der Waals surface area contributed by atoms with Crippen LogP contribution >= 0.6 is 23.4 Å². The Morgan fingerprint density at radius 3 is 2.62 bits per heavy atom. The number of carbonyl (C=O) groups excluding carboxylic acids is 2. The second-order valence-corrected chi connectivity index (χ2v) is 9.78. The van der Waals surface area contributed by atoms with Crippen molar-refractivity contribution in [3.63, 3.8) is 0 Å². The molecule has 0 spiro atoms. The summed E-state index contributed by atoms with van der Waals surface area (Å²) in [5.41, 5.74) is 3.61. The van der Waals surface area contributed by atoms with Crippen molar-refractivity contribution in [3.8, 4) is 0 Å². The SMILES string of the molecule is CCn1c(SCC(=O)Nc2ccc(C)cc2C)nnc1C1CCCN1C(=O)c1ccc(Cl)cc1. The van der Waals surface area contributed by atoms with Crippen LogP contribution in [0.3, 0.4) is 0 Å². The quantitative estimate of drug-likeness (QED) is 0.449. The number of hydrogen-bond acceptors (Lipinski definition) is 5. The third kappa shape index (κ3) is 5.28. The Bertz CT molecular complexity index is 1190. The van der Waals surface area contributed by atoms with Gasteiger partial charge in [-0.2, -0.15) is 0 Å². The fourth-order valence-electron chi connectivity index (χ4n) is 4.26. The number of anilines is 1. The molecule has 1 saturated heterocycles. The average Bonchev–Trinajstić information content (AvgIpc) is 3.46. The van der Waals surface area contributed by atoms with Crippen molar-refractivity contribution >= 4 is 40.9 Å². The molecular weight excluding hydrogens is 470 g/mol. The summed E-state index contributed by atoms with van der Waals surface area (Å²) in [4.78, 5) is 27.6. The number of benzene rings is 2. The molecule has 1 N–H and O–H groups in total. The minimum atomic E-state index is -0.144. The van der Waals surface area contributed by atoms with Gasteiger partial charge in [0.15, 0.2) is 11.0 Å². The largest absolute Gasteiger partial charge is 0.328 e. The van der Waals surface area contributed by atoms with Crippen molar-refractivity contribution in [2.24, 2.45) is 0 Å². The van der Waals surface area contributed by atoms with Gasteiger partial charge in [0.2, 0.25) is 5.91 Å². The van der Waals surface area contributed by atoms with E-state index in [9.17, 15) is 9.59 Å². The molecule has 0 bridgehead atoms. The minimum Gasteiger partial charge on any atom is -0.328 e. The first-order chi connectivity index (χ1) is 16.4. The summed E-state index contributed by atoms with van der Waals surface area (Å²) in [7, 11) is 0. The molecule has 1 unspecified atom stereocenters. The van der Waals surface area contributed by atoms with Gasteiger partial charge in [0, 0.05) is 29.4 Å². The lowest BCUT2D eigenvalue weighted by atomic mass is 10.1. The molecule has 2 aromatic carbocycles. The number of likely N-dealkylation sites (tertiary alicyclic amines) is 1. The van der Waals surface area contributed by atoms with Crippen molar-refractivity contribution in [1.29, 1.82) is 0 Å². The molecule has 1 fully saturated rings. The molecule has 1 aliphatic heterocycles. The van der Waals surface area contributed by atoms with E-state index in [1.165, 1.54) is 11.8 Å². The summed E-state index contributed by atoms with van der Waals surface area (Å²) < 4.78 is 2.01. The number of halogens is 1. The van der Waals surface area contributed by atoms with Crippen molar-refractivity contribution in [3.05, 3.63) is 70.0 Å². The van der Waals surface area contributed by atoms with Crippen LogP contribution in [0.2, 0.25) is 5.02 Å². The predicted octanol–water partition coefficient (Wildman–Crippen LogP) is 5.28. The van der Waals surface area contributed by atoms with E-state index < -0.39 is 0 Å². The van der Waals surface area contributed by atoms with E-state index in [-0.39, 0.29) is 23.6 Å². The Balaban J connectivity index is 1.45. The zero-order valence-corrected chi connectivity index (χ0v) is 21.1. The van der Waals surface area contributed by atoms with Gasteiger partial charge in [-0.25, -0.2) is 0 Å². The standard InChI is InChI=1S/C25H28ClN5O2S/c1-4-30-23(21-6-5-13-31(21)24(33)18-8-10-19(26)11-9-18)28-29-25(30)34-15-22(32)27-20-12-7-16(2)14-17(20)3/h7-12,14,21H,4-6,13,15H2,1-3H3,(H,27,32). The Kier molecular flexibility index (Phi) is 7.58. The third-order valence-corrected chi connectivity index (χ3v) is 7.17. The van der Waals surface area contributed by atoms with Crippen LogP contribution in [0.1, 0.15) is 53.1 Å². The fourth-order valence-corrected chi connectivity index (χ4v) is 5.19. The maximum Gasteiger partial charge on any atom is 0.254 e. The van der Waals surface area contributed by atoms with E-state index >= 15 is 0 Å². The lowest BCUT2D eigenvalue weighted by Gasteiger charge is -2.24. The summed E-state index contributed by atoms with van der Waals surface area (Å²) in [6.45, 7) is 7.35.